The van der Waals surface area contributed by atoms with Crippen LogP contribution in [0, 0.1) is 10.1 Å². The summed E-state index contributed by atoms with van der Waals surface area (Å²) in [5, 5.41) is 16.4. The van der Waals surface area contributed by atoms with Crippen molar-refractivity contribution in [1.29, 1.82) is 0 Å². The standard InChI is InChI=1S/C23H20Br2N4O5/c1-13(30)34-21-18(25)9-14(10-20(21)29(32)33)12-26-28-22(15-5-3-2-4-6-15)27-19-8-7-16(24)11-17(19)23(28)31/h7-12,15H,2-6H2,1H3. The molecule has 34 heavy (non-hydrogen) atoms. The normalized spacial score (nSPS) is 14.6. The van der Waals surface area contributed by atoms with E-state index >= 15 is 0 Å². The van der Waals surface area contributed by atoms with Gasteiger partial charge >= 0.3 is 11.7 Å². The molecule has 1 saturated carbocycles. The lowest BCUT2D eigenvalue weighted by atomic mass is 9.88. The van der Waals surface area contributed by atoms with Crippen LogP contribution in [0.2, 0.25) is 0 Å². The Morgan fingerprint density at radius 3 is 2.65 bits per heavy atom. The molecule has 0 spiro atoms. The highest BCUT2D eigenvalue weighted by Gasteiger charge is 2.24. The molecule has 0 aliphatic heterocycles. The van der Waals surface area contributed by atoms with Crippen molar-refractivity contribution in [3.8, 4) is 5.75 Å². The van der Waals surface area contributed by atoms with Crippen LogP contribution in [0.15, 0.2) is 49.2 Å². The fourth-order valence-corrected chi connectivity index (χ4v) is 4.99. The number of benzene rings is 2. The average molecular weight is 592 g/mol. The summed E-state index contributed by atoms with van der Waals surface area (Å²) in [6, 6.07) is 8.12. The minimum absolute atomic E-state index is 0.0964. The number of halogens is 2. The lowest BCUT2D eigenvalue weighted by Crippen LogP contribution is -2.25. The molecule has 0 radical (unpaired) electrons. The van der Waals surface area contributed by atoms with Gasteiger partial charge in [-0.2, -0.15) is 9.78 Å². The summed E-state index contributed by atoms with van der Waals surface area (Å²) in [6.45, 7) is 1.16. The largest absolute Gasteiger partial charge is 0.418 e. The molecule has 1 aliphatic rings. The maximum Gasteiger partial charge on any atom is 0.313 e. The predicted octanol–water partition coefficient (Wildman–Crippen LogP) is 5.68. The van der Waals surface area contributed by atoms with Gasteiger partial charge in [-0.15, -0.1) is 0 Å². The van der Waals surface area contributed by atoms with E-state index in [1.807, 2.05) is 6.07 Å². The highest BCUT2D eigenvalue weighted by molar-refractivity contribution is 9.10. The van der Waals surface area contributed by atoms with E-state index in [1.54, 1.807) is 12.1 Å². The number of carbonyl (C=O) groups is 1. The summed E-state index contributed by atoms with van der Waals surface area (Å²) in [7, 11) is 0. The number of hydrogen-bond acceptors (Lipinski definition) is 7. The average Bonchev–Trinajstić information content (AvgIpc) is 2.80. The predicted molar refractivity (Wildman–Crippen MR) is 135 cm³/mol. The van der Waals surface area contributed by atoms with Gasteiger partial charge in [-0.05, 0) is 53.0 Å². The molecule has 0 atom stereocenters. The van der Waals surface area contributed by atoms with E-state index in [9.17, 15) is 19.7 Å². The van der Waals surface area contributed by atoms with Crippen molar-refractivity contribution in [2.45, 2.75) is 44.9 Å². The molecule has 0 amide bonds. The van der Waals surface area contributed by atoms with Crippen molar-refractivity contribution in [3.05, 3.63) is 71.1 Å². The van der Waals surface area contributed by atoms with Crippen molar-refractivity contribution in [2.75, 3.05) is 0 Å². The highest BCUT2D eigenvalue weighted by atomic mass is 79.9. The SMILES string of the molecule is CC(=O)Oc1c(Br)cc(C=Nn2c(C3CCCCC3)nc3ccc(Br)cc3c2=O)cc1[N+](=O)[O-]. The van der Waals surface area contributed by atoms with Gasteiger partial charge in [0, 0.05) is 28.9 Å². The number of fused-ring (bicyclic) bond motifs is 1. The second-order valence-corrected chi connectivity index (χ2v) is 9.80. The summed E-state index contributed by atoms with van der Waals surface area (Å²) >= 11 is 6.62. The lowest BCUT2D eigenvalue weighted by molar-refractivity contribution is -0.385. The molecular formula is C23H20Br2N4O5. The molecule has 1 aliphatic carbocycles. The third-order valence-corrected chi connectivity index (χ3v) is 6.70. The zero-order valence-electron chi connectivity index (χ0n) is 18.2. The van der Waals surface area contributed by atoms with E-state index < -0.39 is 16.6 Å². The maximum absolute atomic E-state index is 13.4. The van der Waals surface area contributed by atoms with E-state index in [0.717, 1.165) is 43.5 Å². The van der Waals surface area contributed by atoms with Gasteiger partial charge < -0.3 is 4.74 Å². The van der Waals surface area contributed by atoms with Crippen LogP contribution in [0.3, 0.4) is 0 Å². The Morgan fingerprint density at radius 2 is 1.97 bits per heavy atom. The van der Waals surface area contributed by atoms with Gasteiger partial charge in [0.1, 0.15) is 5.82 Å². The Hall–Kier alpha value is -2.92. The molecule has 3 aromatic rings. The Bertz CT molecular complexity index is 1380. The first-order valence-electron chi connectivity index (χ1n) is 10.7. The first-order valence-corrected chi connectivity index (χ1v) is 12.3. The molecule has 4 rings (SSSR count). The zero-order valence-corrected chi connectivity index (χ0v) is 21.3. The minimum atomic E-state index is -0.678. The van der Waals surface area contributed by atoms with Gasteiger partial charge in [-0.25, -0.2) is 4.98 Å². The number of esters is 1. The van der Waals surface area contributed by atoms with E-state index in [1.165, 1.54) is 23.0 Å². The van der Waals surface area contributed by atoms with Crippen LogP contribution in [0.5, 0.6) is 5.75 Å². The van der Waals surface area contributed by atoms with Gasteiger partial charge in [0.2, 0.25) is 5.75 Å². The van der Waals surface area contributed by atoms with Crippen molar-refractivity contribution in [1.82, 2.24) is 9.66 Å². The van der Waals surface area contributed by atoms with Crippen LogP contribution >= 0.6 is 31.9 Å². The number of carbonyl (C=O) groups excluding carboxylic acids is 1. The third kappa shape index (κ3) is 5.10. The molecule has 1 aromatic heterocycles. The second-order valence-electron chi connectivity index (χ2n) is 8.03. The van der Waals surface area contributed by atoms with Crippen LogP contribution in [0.4, 0.5) is 5.69 Å². The molecule has 2 aromatic carbocycles. The molecule has 0 bridgehead atoms. The quantitative estimate of drug-likeness (QED) is 0.124. The van der Waals surface area contributed by atoms with E-state index in [0.29, 0.717) is 22.3 Å². The fourth-order valence-electron chi connectivity index (χ4n) is 4.08. The molecule has 1 fully saturated rings. The van der Waals surface area contributed by atoms with Crippen LogP contribution in [0.1, 0.15) is 56.3 Å². The summed E-state index contributed by atoms with van der Waals surface area (Å²) in [6.07, 6.45) is 6.46. The number of rotatable bonds is 5. The van der Waals surface area contributed by atoms with E-state index in [4.69, 9.17) is 9.72 Å². The topological polar surface area (TPSA) is 117 Å². The fraction of sp³-hybridized carbons (Fsp3) is 0.304. The highest BCUT2D eigenvalue weighted by Crippen LogP contribution is 2.36. The molecule has 0 N–H and O–H groups in total. The van der Waals surface area contributed by atoms with Crippen molar-refractivity contribution in [3.63, 3.8) is 0 Å². The van der Waals surface area contributed by atoms with Crippen LogP contribution < -0.4 is 10.3 Å². The molecule has 1 heterocycles. The Morgan fingerprint density at radius 1 is 1.24 bits per heavy atom. The monoisotopic (exact) mass is 590 g/mol. The number of nitro groups is 1. The first kappa shape index (κ1) is 24.2. The number of hydrogen-bond donors (Lipinski definition) is 0. The number of aromatic nitrogens is 2. The lowest BCUT2D eigenvalue weighted by Gasteiger charge is -2.22. The van der Waals surface area contributed by atoms with E-state index in [2.05, 4.69) is 37.0 Å². The van der Waals surface area contributed by atoms with Crippen molar-refractivity contribution >= 4 is 60.6 Å². The molecule has 0 saturated heterocycles. The third-order valence-electron chi connectivity index (χ3n) is 5.61. The van der Waals surface area contributed by atoms with Gasteiger partial charge in [0.15, 0.2) is 0 Å². The molecular weight excluding hydrogens is 572 g/mol. The molecule has 0 unspecified atom stereocenters. The van der Waals surface area contributed by atoms with Crippen LogP contribution in [0.25, 0.3) is 10.9 Å². The second kappa shape index (κ2) is 10.1. The van der Waals surface area contributed by atoms with Gasteiger partial charge in [-0.1, -0.05) is 35.2 Å². The zero-order chi connectivity index (χ0) is 24.4. The van der Waals surface area contributed by atoms with Crippen LogP contribution in [-0.2, 0) is 4.79 Å². The van der Waals surface area contributed by atoms with Gasteiger partial charge in [0.05, 0.1) is 26.5 Å². The Labute approximate surface area is 211 Å². The summed E-state index contributed by atoms with van der Waals surface area (Å²) in [5.41, 5.74) is 0.245. The van der Waals surface area contributed by atoms with Gasteiger partial charge in [0.25, 0.3) is 5.56 Å². The molecule has 11 heteroatoms. The van der Waals surface area contributed by atoms with Crippen molar-refractivity contribution in [2.24, 2.45) is 5.10 Å². The molecule has 9 nitrogen and oxygen atoms in total. The Balaban J connectivity index is 1.84. The van der Waals surface area contributed by atoms with Gasteiger partial charge in [-0.3, -0.25) is 19.7 Å². The smallest absolute Gasteiger partial charge is 0.313 e. The maximum atomic E-state index is 13.4. The summed E-state index contributed by atoms with van der Waals surface area (Å²) in [5.74, 6) is -0.186. The summed E-state index contributed by atoms with van der Waals surface area (Å²) < 4.78 is 7.26. The Kier molecular flexibility index (Phi) is 7.22. The first-order chi connectivity index (χ1) is 16.2. The number of nitrogens with zero attached hydrogens (tertiary/aromatic N) is 4. The minimum Gasteiger partial charge on any atom is -0.418 e. The van der Waals surface area contributed by atoms with Crippen molar-refractivity contribution < 1.29 is 14.5 Å². The van der Waals surface area contributed by atoms with E-state index in [-0.39, 0.29) is 21.7 Å². The van der Waals surface area contributed by atoms with Crippen LogP contribution in [-0.4, -0.2) is 26.8 Å². The molecule has 176 valence electrons. The summed E-state index contributed by atoms with van der Waals surface area (Å²) in [4.78, 5) is 40.4. The number of nitro benzene ring substituents is 1. The number of ether oxygens (including phenoxy) is 1.